The normalized spacial score (nSPS) is 11.8. The number of sulfonamides is 1. The van der Waals surface area contributed by atoms with Gasteiger partial charge < -0.3 is 4.42 Å². The third kappa shape index (κ3) is 5.46. The van der Waals surface area contributed by atoms with Gasteiger partial charge >= 0.3 is 0 Å². The molecule has 0 spiro atoms. The second-order valence-corrected chi connectivity index (χ2v) is 9.41. The highest BCUT2D eigenvalue weighted by molar-refractivity contribution is 7.99. The second-order valence-electron chi connectivity index (χ2n) is 6.43. The molecule has 2 aromatic carbocycles. The number of hydrogen-bond acceptors (Lipinski definition) is 6. The third-order valence-corrected chi connectivity index (χ3v) is 7.46. The number of thioether (sulfide) groups is 1. The molecule has 0 N–H and O–H groups in total. The Morgan fingerprint density at radius 1 is 1.00 bits per heavy atom. The maximum absolute atomic E-state index is 12.7. The summed E-state index contributed by atoms with van der Waals surface area (Å²) in [7, 11) is -3.53. The Balaban J connectivity index is 1.64. The third-order valence-electron chi connectivity index (χ3n) is 4.51. The van der Waals surface area contributed by atoms with Crippen molar-refractivity contribution < 1.29 is 12.8 Å². The molecule has 0 unspecified atom stereocenters. The van der Waals surface area contributed by atoms with Crippen molar-refractivity contribution in [2.45, 2.75) is 36.8 Å². The molecular weight excluding hydrogens is 406 g/mol. The largest absolute Gasteiger partial charge is 0.411 e. The lowest BCUT2D eigenvalue weighted by molar-refractivity contribution is 0.445. The van der Waals surface area contributed by atoms with E-state index in [4.69, 9.17) is 4.42 Å². The van der Waals surface area contributed by atoms with Gasteiger partial charge in [-0.1, -0.05) is 62.0 Å². The topological polar surface area (TPSA) is 76.3 Å². The van der Waals surface area contributed by atoms with E-state index in [1.165, 1.54) is 21.6 Å². The number of benzene rings is 2. The van der Waals surface area contributed by atoms with E-state index in [1.807, 2.05) is 32.0 Å². The fourth-order valence-electron chi connectivity index (χ4n) is 2.97. The van der Waals surface area contributed by atoms with Crippen LogP contribution in [-0.4, -0.2) is 41.8 Å². The predicted molar refractivity (Wildman–Crippen MR) is 115 cm³/mol. The summed E-state index contributed by atoms with van der Waals surface area (Å²) in [6.07, 6.45) is 2.00. The van der Waals surface area contributed by atoms with Crippen molar-refractivity contribution in [1.82, 2.24) is 14.5 Å². The first-order valence-corrected chi connectivity index (χ1v) is 12.1. The number of aryl methyl sites for hydroxylation is 1. The van der Waals surface area contributed by atoms with Crippen LogP contribution >= 0.6 is 11.8 Å². The highest BCUT2D eigenvalue weighted by Gasteiger charge is 2.22. The zero-order valence-electron chi connectivity index (χ0n) is 16.6. The van der Waals surface area contributed by atoms with Crippen LogP contribution in [0.15, 0.2) is 69.1 Å². The molecule has 0 amide bonds. The van der Waals surface area contributed by atoms with Gasteiger partial charge in [0.2, 0.25) is 15.9 Å². The molecule has 29 heavy (non-hydrogen) atoms. The van der Waals surface area contributed by atoms with Gasteiger partial charge in [0, 0.05) is 24.4 Å². The van der Waals surface area contributed by atoms with Crippen LogP contribution in [0.25, 0.3) is 11.5 Å². The quantitative estimate of drug-likeness (QED) is 0.348. The lowest BCUT2D eigenvalue weighted by Crippen LogP contribution is -2.30. The van der Waals surface area contributed by atoms with Crippen LogP contribution in [-0.2, 0) is 16.4 Å². The van der Waals surface area contributed by atoms with E-state index in [0.29, 0.717) is 29.8 Å². The molecule has 0 aliphatic rings. The van der Waals surface area contributed by atoms with Gasteiger partial charge in [0.25, 0.3) is 5.22 Å². The van der Waals surface area contributed by atoms with Crippen molar-refractivity contribution in [1.29, 1.82) is 0 Å². The van der Waals surface area contributed by atoms with Crippen LogP contribution < -0.4 is 0 Å². The van der Waals surface area contributed by atoms with Crippen molar-refractivity contribution in [2.75, 3.05) is 18.8 Å². The fourth-order valence-corrected chi connectivity index (χ4v) is 5.17. The predicted octanol–water partition coefficient (Wildman–Crippen LogP) is 4.49. The summed E-state index contributed by atoms with van der Waals surface area (Å²) < 4.78 is 32.6. The first kappa shape index (κ1) is 21.5. The zero-order chi connectivity index (χ0) is 20.7. The van der Waals surface area contributed by atoms with Gasteiger partial charge in [-0.2, -0.15) is 4.31 Å². The van der Waals surface area contributed by atoms with Crippen molar-refractivity contribution in [2.24, 2.45) is 0 Å². The average Bonchev–Trinajstić information content (AvgIpc) is 3.22. The molecule has 0 saturated heterocycles. The lowest BCUT2D eigenvalue weighted by atomic mass is 10.1. The van der Waals surface area contributed by atoms with E-state index in [9.17, 15) is 8.42 Å². The first-order valence-electron chi connectivity index (χ1n) is 9.65. The van der Waals surface area contributed by atoms with Crippen LogP contribution in [0.5, 0.6) is 0 Å². The highest BCUT2D eigenvalue weighted by atomic mass is 32.2. The molecule has 0 saturated carbocycles. The summed E-state index contributed by atoms with van der Waals surface area (Å²) in [4.78, 5) is 0.231. The van der Waals surface area contributed by atoms with Gasteiger partial charge in [-0.3, -0.25) is 0 Å². The Morgan fingerprint density at radius 2 is 1.76 bits per heavy atom. The molecule has 1 aromatic heterocycles. The summed E-state index contributed by atoms with van der Waals surface area (Å²) in [6.45, 7) is 4.50. The van der Waals surface area contributed by atoms with Gasteiger partial charge in [-0.25, -0.2) is 8.42 Å². The van der Waals surface area contributed by atoms with Gasteiger partial charge in [-0.15, -0.1) is 10.2 Å². The molecule has 0 aliphatic heterocycles. The Kier molecular flexibility index (Phi) is 7.46. The van der Waals surface area contributed by atoms with E-state index in [-0.39, 0.29) is 4.90 Å². The van der Waals surface area contributed by atoms with E-state index in [2.05, 4.69) is 22.3 Å². The number of rotatable bonds is 10. The summed E-state index contributed by atoms with van der Waals surface area (Å²) in [5.41, 5.74) is 1.91. The molecule has 1 heterocycles. The molecule has 6 nitrogen and oxygen atoms in total. The van der Waals surface area contributed by atoms with E-state index in [0.717, 1.165) is 18.6 Å². The standard InChI is InChI=1S/C21H25N3O3S2/c1-3-24(4-2)29(25,26)19-14-8-13-18(16-19)20-22-23-21(27-20)28-15-9-12-17-10-6-5-7-11-17/h5-8,10-11,13-14,16H,3-4,9,12,15H2,1-2H3. The van der Waals surface area contributed by atoms with Gasteiger partial charge in [0.15, 0.2) is 0 Å². The Hall–Kier alpha value is -2.16. The molecule has 0 bridgehead atoms. The minimum Gasteiger partial charge on any atom is -0.411 e. The Labute approximate surface area is 176 Å². The SMILES string of the molecule is CCN(CC)S(=O)(=O)c1cccc(-c2nnc(SCCCc3ccccc3)o2)c1. The summed E-state index contributed by atoms with van der Waals surface area (Å²) in [5, 5.41) is 8.66. The van der Waals surface area contributed by atoms with Crippen LogP contribution in [0, 0.1) is 0 Å². The fraction of sp³-hybridized carbons (Fsp3) is 0.333. The zero-order valence-corrected chi connectivity index (χ0v) is 18.2. The Morgan fingerprint density at radius 3 is 2.48 bits per heavy atom. The summed E-state index contributed by atoms with van der Waals surface area (Å²) in [6, 6.07) is 17.0. The van der Waals surface area contributed by atoms with E-state index >= 15 is 0 Å². The number of nitrogens with zero attached hydrogens (tertiary/aromatic N) is 3. The minimum absolute atomic E-state index is 0.231. The van der Waals surface area contributed by atoms with Gasteiger partial charge in [0.05, 0.1) is 4.90 Å². The van der Waals surface area contributed by atoms with E-state index < -0.39 is 10.0 Å². The molecule has 0 radical (unpaired) electrons. The smallest absolute Gasteiger partial charge is 0.276 e. The van der Waals surface area contributed by atoms with Gasteiger partial charge in [0.1, 0.15) is 0 Å². The molecule has 154 valence electrons. The average molecular weight is 432 g/mol. The number of aromatic nitrogens is 2. The highest BCUT2D eigenvalue weighted by Crippen LogP contribution is 2.26. The molecule has 0 atom stereocenters. The van der Waals surface area contributed by atoms with Crippen molar-refractivity contribution in [3.05, 3.63) is 60.2 Å². The van der Waals surface area contributed by atoms with Crippen molar-refractivity contribution >= 4 is 21.8 Å². The molecule has 3 rings (SSSR count). The van der Waals surface area contributed by atoms with Gasteiger partial charge in [-0.05, 0) is 36.6 Å². The monoisotopic (exact) mass is 431 g/mol. The maximum atomic E-state index is 12.7. The van der Waals surface area contributed by atoms with Crippen LogP contribution in [0.4, 0.5) is 0 Å². The van der Waals surface area contributed by atoms with Crippen molar-refractivity contribution in [3.8, 4) is 11.5 Å². The van der Waals surface area contributed by atoms with Crippen LogP contribution in [0.3, 0.4) is 0 Å². The van der Waals surface area contributed by atoms with Crippen LogP contribution in [0.1, 0.15) is 25.8 Å². The minimum atomic E-state index is -3.53. The maximum Gasteiger partial charge on any atom is 0.276 e. The Bertz CT molecular complexity index is 1020. The van der Waals surface area contributed by atoms with Crippen molar-refractivity contribution in [3.63, 3.8) is 0 Å². The molecule has 0 fully saturated rings. The summed E-state index contributed by atoms with van der Waals surface area (Å²) in [5.74, 6) is 1.19. The molecule has 0 aliphatic carbocycles. The van der Waals surface area contributed by atoms with Crippen LogP contribution in [0.2, 0.25) is 0 Å². The molecular formula is C21H25N3O3S2. The summed E-state index contributed by atoms with van der Waals surface area (Å²) >= 11 is 1.51. The second kappa shape index (κ2) is 10.0. The lowest BCUT2D eigenvalue weighted by Gasteiger charge is -2.18. The van der Waals surface area contributed by atoms with E-state index in [1.54, 1.807) is 24.3 Å². The first-order chi connectivity index (χ1) is 14.0. The number of hydrogen-bond donors (Lipinski definition) is 0. The molecule has 3 aromatic rings. The molecule has 8 heteroatoms.